The Balaban J connectivity index is 1.54. The molecule has 0 saturated carbocycles. The number of benzene rings is 1. The molecule has 1 aliphatic rings. The van der Waals surface area contributed by atoms with Crippen LogP contribution >= 0.6 is 11.6 Å². The van der Waals surface area contributed by atoms with Gasteiger partial charge in [0.1, 0.15) is 11.6 Å². The lowest BCUT2D eigenvalue weighted by Crippen LogP contribution is -2.42. The van der Waals surface area contributed by atoms with Gasteiger partial charge in [0, 0.05) is 25.2 Å². The third-order valence-corrected chi connectivity index (χ3v) is 4.77. The van der Waals surface area contributed by atoms with Crippen molar-refractivity contribution in [2.75, 3.05) is 23.4 Å². The molecule has 1 aromatic carbocycles. The van der Waals surface area contributed by atoms with Crippen LogP contribution in [0.4, 0.5) is 29.1 Å². The zero-order valence-corrected chi connectivity index (χ0v) is 15.3. The molecule has 3 rings (SSSR count). The number of anilines is 2. The second-order valence-corrected chi connectivity index (χ2v) is 6.82. The number of hydrogen-bond acceptors (Lipinski definition) is 4. The Morgan fingerprint density at radius 2 is 1.82 bits per heavy atom. The van der Waals surface area contributed by atoms with E-state index in [-0.39, 0.29) is 28.5 Å². The van der Waals surface area contributed by atoms with Crippen LogP contribution in [0.25, 0.3) is 0 Å². The van der Waals surface area contributed by atoms with E-state index in [0.717, 1.165) is 12.3 Å². The van der Waals surface area contributed by atoms with Crippen molar-refractivity contribution in [1.29, 1.82) is 0 Å². The first-order valence-electron chi connectivity index (χ1n) is 8.53. The number of hydrogen-bond donors (Lipinski definition) is 2. The maximum absolute atomic E-state index is 12.9. The number of rotatable bonds is 4. The highest BCUT2D eigenvalue weighted by Crippen LogP contribution is 2.34. The number of amides is 1. The van der Waals surface area contributed by atoms with Crippen LogP contribution in [0, 0.1) is 11.7 Å². The summed E-state index contributed by atoms with van der Waals surface area (Å²) in [5.41, 5.74) is 4.95. The minimum atomic E-state index is -4.50. The van der Waals surface area contributed by atoms with E-state index in [0.29, 0.717) is 31.6 Å². The van der Waals surface area contributed by atoms with E-state index in [1.165, 1.54) is 24.3 Å². The molecule has 1 aliphatic heterocycles. The molecule has 150 valence electrons. The van der Waals surface area contributed by atoms with Gasteiger partial charge in [0.25, 0.3) is 0 Å². The Labute approximate surface area is 163 Å². The largest absolute Gasteiger partial charge is 0.417 e. The molecule has 1 fully saturated rings. The van der Waals surface area contributed by atoms with Crippen molar-refractivity contribution in [1.82, 2.24) is 10.4 Å². The molecule has 0 spiro atoms. The summed E-state index contributed by atoms with van der Waals surface area (Å²) < 4.78 is 51.0. The van der Waals surface area contributed by atoms with Gasteiger partial charge in [0.15, 0.2) is 0 Å². The molecule has 2 N–H and O–H groups in total. The third-order valence-electron chi connectivity index (χ3n) is 4.49. The predicted octanol–water partition coefficient (Wildman–Crippen LogP) is 4.25. The maximum Gasteiger partial charge on any atom is 0.417 e. The van der Waals surface area contributed by atoms with E-state index in [4.69, 9.17) is 11.6 Å². The van der Waals surface area contributed by atoms with Crippen LogP contribution in [0.1, 0.15) is 18.4 Å². The number of hydrazine groups is 1. The Morgan fingerprint density at radius 3 is 2.39 bits per heavy atom. The number of alkyl halides is 3. The van der Waals surface area contributed by atoms with Gasteiger partial charge in [-0.1, -0.05) is 11.6 Å². The normalized spacial score (nSPS) is 15.4. The summed E-state index contributed by atoms with van der Waals surface area (Å²) in [7, 11) is 0. The molecule has 1 amide bonds. The topological polar surface area (TPSA) is 57.3 Å². The lowest BCUT2D eigenvalue weighted by Gasteiger charge is -2.32. The number of halogens is 5. The van der Waals surface area contributed by atoms with Crippen LogP contribution in [-0.2, 0) is 11.0 Å². The average Bonchev–Trinajstić information content (AvgIpc) is 2.67. The average molecular weight is 417 g/mol. The molecule has 1 saturated heterocycles. The van der Waals surface area contributed by atoms with Crippen molar-refractivity contribution >= 4 is 29.0 Å². The minimum absolute atomic E-state index is 0.0734. The molecule has 0 radical (unpaired) electrons. The zero-order chi connectivity index (χ0) is 20.3. The molecular weight excluding hydrogens is 400 g/mol. The number of aromatic nitrogens is 1. The van der Waals surface area contributed by atoms with Crippen molar-refractivity contribution in [3.63, 3.8) is 0 Å². The molecule has 0 atom stereocenters. The van der Waals surface area contributed by atoms with Crippen LogP contribution in [0.2, 0.25) is 5.02 Å². The Bertz CT molecular complexity index is 836. The van der Waals surface area contributed by atoms with E-state index in [1.807, 2.05) is 0 Å². The number of pyridine rings is 1. The van der Waals surface area contributed by atoms with Crippen molar-refractivity contribution in [2.24, 2.45) is 5.92 Å². The van der Waals surface area contributed by atoms with Gasteiger partial charge < -0.3 is 4.90 Å². The first-order valence-corrected chi connectivity index (χ1v) is 8.91. The lowest BCUT2D eigenvalue weighted by molar-refractivity contribution is -0.137. The van der Waals surface area contributed by atoms with Crippen molar-refractivity contribution in [2.45, 2.75) is 19.0 Å². The van der Waals surface area contributed by atoms with E-state index < -0.39 is 11.7 Å². The second-order valence-electron chi connectivity index (χ2n) is 6.41. The Kier molecular flexibility index (Phi) is 5.93. The highest BCUT2D eigenvalue weighted by atomic mass is 35.5. The summed E-state index contributed by atoms with van der Waals surface area (Å²) >= 11 is 5.98. The molecule has 28 heavy (non-hydrogen) atoms. The van der Waals surface area contributed by atoms with Gasteiger partial charge in [-0.3, -0.25) is 15.6 Å². The molecule has 1 aromatic heterocycles. The molecule has 10 heteroatoms. The first-order chi connectivity index (χ1) is 13.2. The fraction of sp³-hybridized carbons (Fsp3) is 0.333. The highest BCUT2D eigenvalue weighted by molar-refractivity contribution is 6.33. The lowest BCUT2D eigenvalue weighted by atomic mass is 9.96. The standard InChI is InChI=1S/C18H17ClF4N4O/c19-15-9-12(18(21,22)23)10-24-16(15)27-7-5-11(6-8-27)17(28)26-25-14-3-1-13(20)2-4-14/h1-4,9-11,25H,5-8H2,(H,26,28). The number of piperidine rings is 1. The summed E-state index contributed by atoms with van der Waals surface area (Å²) in [4.78, 5) is 17.9. The molecule has 2 aromatic rings. The maximum atomic E-state index is 12.9. The molecule has 0 bridgehead atoms. The van der Waals surface area contributed by atoms with Crippen LogP contribution in [0.15, 0.2) is 36.5 Å². The van der Waals surface area contributed by atoms with E-state index in [1.54, 1.807) is 4.90 Å². The fourth-order valence-electron chi connectivity index (χ4n) is 2.94. The Hall–Kier alpha value is -2.55. The fourth-order valence-corrected chi connectivity index (χ4v) is 3.23. The molecule has 0 unspecified atom stereocenters. The first kappa shape index (κ1) is 20.2. The molecule has 5 nitrogen and oxygen atoms in total. The van der Waals surface area contributed by atoms with Crippen LogP contribution in [-0.4, -0.2) is 24.0 Å². The van der Waals surface area contributed by atoms with Gasteiger partial charge in [-0.15, -0.1) is 0 Å². The van der Waals surface area contributed by atoms with Crippen molar-refractivity contribution in [3.05, 3.63) is 52.9 Å². The smallest absolute Gasteiger partial charge is 0.355 e. The molecule has 2 heterocycles. The highest BCUT2D eigenvalue weighted by Gasteiger charge is 2.33. The van der Waals surface area contributed by atoms with E-state index in [2.05, 4.69) is 15.8 Å². The Morgan fingerprint density at radius 1 is 1.18 bits per heavy atom. The summed E-state index contributed by atoms with van der Waals surface area (Å²) in [6.45, 7) is 0.874. The second kappa shape index (κ2) is 8.22. The van der Waals surface area contributed by atoms with Gasteiger partial charge >= 0.3 is 6.18 Å². The SMILES string of the molecule is O=C(NNc1ccc(F)cc1)C1CCN(c2ncc(C(F)(F)F)cc2Cl)CC1. The quantitative estimate of drug-likeness (QED) is 0.578. The van der Waals surface area contributed by atoms with Crippen molar-refractivity contribution in [3.8, 4) is 0 Å². The number of nitrogens with zero attached hydrogens (tertiary/aromatic N) is 2. The van der Waals surface area contributed by atoms with Crippen LogP contribution in [0.3, 0.4) is 0 Å². The number of carbonyl (C=O) groups is 1. The van der Waals surface area contributed by atoms with Gasteiger partial charge in [-0.2, -0.15) is 13.2 Å². The summed E-state index contributed by atoms with van der Waals surface area (Å²) in [6.07, 6.45) is -2.75. The molecular formula is C18H17ClF4N4O. The summed E-state index contributed by atoms with van der Waals surface area (Å²) in [6, 6.07) is 6.39. The number of nitrogens with one attached hydrogen (secondary N) is 2. The monoisotopic (exact) mass is 416 g/mol. The van der Waals surface area contributed by atoms with Crippen LogP contribution < -0.4 is 15.8 Å². The third kappa shape index (κ3) is 4.83. The van der Waals surface area contributed by atoms with Gasteiger partial charge in [-0.05, 0) is 43.2 Å². The van der Waals surface area contributed by atoms with Gasteiger partial charge in [0.05, 0.1) is 16.3 Å². The van der Waals surface area contributed by atoms with E-state index in [9.17, 15) is 22.4 Å². The van der Waals surface area contributed by atoms with Crippen LogP contribution in [0.5, 0.6) is 0 Å². The van der Waals surface area contributed by atoms with Gasteiger partial charge in [-0.25, -0.2) is 9.37 Å². The summed E-state index contributed by atoms with van der Waals surface area (Å²) in [5, 5.41) is -0.0734. The van der Waals surface area contributed by atoms with E-state index >= 15 is 0 Å². The summed E-state index contributed by atoms with van der Waals surface area (Å²) in [5.74, 6) is -0.578. The minimum Gasteiger partial charge on any atom is -0.355 e. The molecule has 0 aliphatic carbocycles. The number of carbonyl (C=O) groups excluding carboxylic acids is 1. The van der Waals surface area contributed by atoms with Crippen molar-refractivity contribution < 1.29 is 22.4 Å². The zero-order valence-electron chi connectivity index (χ0n) is 14.6. The van der Waals surface area contributed by atoms with Gasteiger partial charge in [0.2, 0.25) is 5.91 Å². The predicted molar refractivity (Wildman–Crippen MR) is 97.4 cm³/mol.